The second kappa shape index (κ2) is 5.82. The molecule has 0 amide bonds. The van der Waals surface area contributed by atoms with Gasteiger partial charge in [0.15, 0.2) is 0 Å². The van der Waals surface area contributed by atoms with E-state index in [-0.39, 0.29) is 0 Å². The Bertz CT molecular complexity index is 525. The maximum atomic E-state index is 5.98. The Balaban J connectivity index is 2.29. The molecule has 0 spiro atoms. The molecule has 2 aromatic rings. The summed E-state index contributed by atoms with van der Waals surface area (Å²) in [7, 11) is 1.65. The zero-order valence-electron chi connectivity index (χ0n) is 10.6. The van der Waals surface area contributed by atoms with E-state index in [9.17, 15) is 0 Å². The summed E-state index contributed by atoms with van der Waals surface area (Å²) in [5, 5.41) is 5.45. The summed E-state index contributed by atoms with van der Waals surface area (Å²) in [6.07, 6.45) is 1.12. The fraction of sp³-hybridized carbons (Fsp3) is 0.308. The highest BCUT2D eigenvalue weighted by atomic mass is 32.2. The topological polar surface area (TPSA) is 53.1 Å². The van der Waals surface area contributed by atoms with Crippen LogP contribution in [-0.4, -0.2) is 22.6 Å². The van der Waals surface area contributed by atoms with Gasteiger partial charge in [-0.2, -0.15) is 5.10 Å². The molecular weight excluding hydrogens is 246 g/mol. The number of nitrogen functional groups attached to an aromatic ring is 1. The van der Waals surface area contributed by atoms with Gasteiger partial charge in [-0.1, -0.05) is 13.0 Å². The summed E-state index contributed by atoms with van der Waals surface area (Å²) in [4.78, 5) is 0. The summed E-state index contributed by atoms with van der Waals surface area (Å²) < 4.78 is 6.94. The number of nitrogens with two attached hydrogens (primary N) is 1. The first kappa shape index (κ1) is 12.8. The minimum Gasteiger partial charge on any atom is -0.497 e. The molecule has 18 heavy (non-hydrogen) atoms. The zero-order valence-corrected chi connectivity index (χ0v) is 11.4. The van der Waals surface area contributed by atoms with Crippen molar-refractivity contribution in [2.24, 2.45) is 0 Å². The summed E-state index contributed by atoms with van der Waals surface area (Å²) in [5.74, 6) is 2.49. The van der Waals surface area contributed by atoms with Crippen molar-refractivity contribution in [1.29, 1.82) is 0 Å². The van der Waals surface area contributed by atoms with Crippen LogP contribution in [0.1, 0.15) is 13.3 Å². The van der Waals surface area contributed by atoms with E-state index < -0.39 is 0 Å². The molecule has 1 aromatic carbocycles. The Labute approximate surface area is 111 Å². The molecule has 0 unspecified atom stereocenters. The predicted molar refractivity (Wildman–Crippen MR) is 75.5 cm³/mol. The molecule has 0 atom stereocenters. The first-order chi connectivity index (χ1) is 8.74. The highest BCUT2D eigenvalue weighted by molar-refractivity contribution is 7.99. The van der Waals surface area contributed by atoms with Gasteiger partial charge >= 0.3 is 0 Å². The molecule has 0 aliphatic heterocycles. The van der Waals surface area contributed by atoms with E-state index in [1.807, 2.05) is 30.3 Å². The van der Waals surface area contributed by atoms with Gasteiger partial charge in [-0.25, -0.2) is 4.68 Å². The van der Waals surface area contributed by atoms with Gasteiger partial charge in [0.25, 0.3) is 0 Å². The van der Waals surface area contributed by atoms with Gasteiger partial charge in [-0.05, 0) is 24.3 Å². The molecule has 0 aliphatic carbocycles. The van der Waals surface area contributed by atoms with Gasteiger partial charge in [0.1, 0.15) is 16.6 Å². The van der Waals surface area contributed by atoms with Crippen LogP contribution in [0.4, 0.5) is 5.82 Å². The number of hydrogen-bond donors (Lipinski definition) is 1. The number of ether oxygens (including phenoxy) is 1. The van der Waals surface area contributed by atoms with Gasteiger partial charge in [0, 0.05) is 12.1 Å². The smallest absolute Gasteiger partial charge is 0.128 e. The Morgan fingerprint density at radius 3 is 2.94 bits per heavy atom. The number of rotatable bonds is 5. The molecule has 96 valence electrons. The number of hydrogen-bond acceptors (Lipinski definition) is 4. The molecule has 0 fully saturated rings. The second-order valence-corrected chi connectivity index (χ2v) is 4.98. The van der Waals surface area contributed by atoms with Crippen LogP contribution in [0.5, 0.6) is 5.75 Å². The van der Waals surface area contributed by atoms with Gasteiger partial charge in [-0.15, -0.1) is 11.8 Å². The van der Waals surface area contributed by atoms with Crippen molar-refractivity contribution < 1.29 is 4.74 Å². The minimum absolute atomic E-state index is 0.641. The lowest BCUT2D eigenvalue weighted by molar-refractivity contribution is 0.414. The third-order valence-electron chi connectivity index (χ3n) is 2.47. The van der Waals surface area contributed by atoms with E-state index in [0.29, 0.717) is 5.82 Å². The molecule has 0 saturated carbocycles. The number of anilines is 1. The van der Waals surface area contributed by atoms with Crippen LogP contribution in [0.15, 0.2) is 35.4 Å². The number of benzene rings is 1. The van der Waals surface area contributed by atoms with Gasteiger partial charge in [0.2, 0.25) is 0 Å². The van der Waals surface area contributed by atoms with Crippen molar-refractivity contribution in [3.05, 3.63) is 30.3 Å². The van der Waals surface area contributed by atoms with E-state index in [1.165, 1.54) is 0 Å². The third kappa shape index (κ3) is 2.79. The van der Waals surface area contributed by atoms with E-state index in [1.54, 1.807) is 23.6 Å². The predicted octanol–water partition coefficient (Wildman–Crippen LogP) is 2.97. The summed E-state index contributed by atoms with van der Waals surface area (Å²) in [5.41, 5.74) is 6.90. The Morgan fingerprint density at radius 2 is 2.22 bits per heavy atom. The normalized spacial score (nSPS) is 10.6. The fourth-order valence-electron chi connectivity index (χ4n) is 1.60. The monoisotopic (exact) mass is 263 g/mol. The van der Waals surface area contributed by atoms with Crippen molar-refractivity contribution in [1.82, 2.24) is 9.78 Å². The van der Waals surface area contributed by atoms with Gasteiger partial charge in [-0.3, -0.25) is 0 Å². The number of methoxy groups -OCH3 is 1. The summed E-state index contributed by atoms with van der Waals surface area (Å²) >= 11 is 1.72. The SMILES string of the molecule is CCCSc1cc(N)n(-c2cccc(OC)c2)n1. The Morgan fingerprint density at radius 1 is 1.39 bits per heavy atom. The Hall–Kier alpha value is -1.62. The van der Waals surface area contributed by atoms with E-state index >= 15 is 0 Å². The van der Waals surface area contributed by atoms with Gasteiger partial charge in [0.05, 0.1) is 12.8 Å². The molecule has 4 nitrogen and oxygen atoms in total. The van der Waals surface area contributed by atoms with Crippen LogP contribution in [-0.2, 0) is 0 Å². The molecule has 5 heteroatoms. The lowest BCUT2D eigenvalue weighted by Crippen LogP contribution is -2.01. The molecule has 0 radical (unpaired) electrons. The number of nitrogens with zero attached hydrogens (tertiary/aromatic N) is 2. The molecule has 1 aromatic heterocycles. The lowest BCUT2D eigenvalue weighted by Gasteiger charge is -2.05. The van der Waals surface area contributed by atoms with Crippen LogP contribution in [0, 0.1) is 0 Å². The first-order valence-corrected chi connectivity index (χ1v) is 6.86. The fourth-order valence-corrected chi connectivity index (χ4v) is 2.36. The quantitative estimate of drug-likeness (QED) is 0.843. The molecule has 1 heterocycles. The van der Waals surface area contributed by atoms with E-state index in [2.05, 4.69) is 12.0 Å². The van der Waals surface area contributed by atoms with Crippen molar-refractivity contribution in [2.45, 2.75) is 18.4 Å². The number of aromatic nitrogens is 2. The van der Waals surface area contributed by atoms with Crippen molar-refractivity contribution in [3.8, 4) is 11.4 Å². The average Bonchev–Trinajstić information content (AvgIpc) is 2.77. The molecule has 2 N–H and O–H groups in total. The lowest BCUT2D eigenvalue weighted by atomic mass is 10.3. The molecule has 0 saturated heterocycles. The maximum absolute atomic E-state index is 5.98. The van der Waals surface area contributed by atoms with Gasteiger partial charge < -0.3 is 10.5 Å². The second-order valence-electron chi connectivity index (χ2n) is 3.87. The first-order valence-electron chi connectivity index (χ1n) is 5.87. The molecule has 0 bridgehead atoms. The van der Waals surface area contributed by atoms with E-state index in [4.69, 9.17) is 10.5 Å². The van der Waals surface area contributed by atoms with Crippen LogP contribution in [0.2, 0.25) is 0 Å². The summed E-state index contributed by atoms with van der Waals surface area (Å²) in [6, 6.07) is 9.60. The highest BCUT2D eigenvalue weighted by Crippen LogP contribution is 2.24. The highest BCUT2D eigenvalue weighted by Gasteiger charge is 2.07. The molecule has 0 aliphatic rings. The van der Waals surface area contributed by atoms with Crippen LogP contribution < -0.4 is 10.5 Å². The Kier molecular flexibility index (Phi) is 4.15. The molecule has 2 rings (SSSR count). The maximum Gasteiger partial charge on any atom is 0.128 e. The summed E-state index contributed by atoms with van der Waals surface area (Å²) in [6.45, 7) is 2.15. The minimum atomic E-state index is 0.641. The van der Waals surface area contributed by atoms with Crippen LogP contribution in [0.3, 0.4) is 0 Å². The van der Waals surface area contributed by atoms with E-state index in [0.717, 1.165) is 28.6 Å². The average molecular weight is 263 g/mol. The van der Waals surface area contributed by atoms with Crippen LogP contribution in [0.25, 0.3) is 5.69 Å². The molecular formula is C13H17N3OS. The van der Waals surface area contributed by atoms with Crippen LogP contribution >= 0.6 is 11.8 Å². The van der Waals surface area contributed by atoms with Crippen molar-refractivity contribution >= 4 is 17.6 Å². The zero-order chi connectivity index (χ0) is 13.0. The van der Waals surface area contributed by atoms with Crippen molar-refractivity contribution in [3.63, 3.8) is 0 Å². The third-order valence-corrected chi connectivity index (χ3v) is 3.57. The standard InChI is InChI=1S/C13H17N3OS/c1-3-7-18-13-9-12(14)16(15-13)10-5-4-6-11(8-10)17-2/h4-6,8-9H,3,7,14H2,1-2H3. The van der Waals surface area contributed by atoms with Crippen molar-refractivity contribution in [2.75, 3.05) is 18.6 Å². The number of thioether (sulfide) groups is 1. The largest absolute Gasteiger partial charge is 0.497 e.